The number of hydrogen-bond acceptors (Lipinski definition) is 3. The van der Waals surface area contributed by atoms with Gasteiger partial charge in [-0.15, -0.1) is 12.4 Å². The van der Waals surface area contributed by atoms with E-state index < -0.39 is 0 Å². The largest absolute Gasteiger partial charge is 0.354 e. The summed E-state index contributed by atoms with van der Waals surface area (Å²) in [7, 11) is 0. The molecule has 0 bridgehead atoms. The molecule has 6 nitrogen and oxygen atoms in total. The van der Waals surface area contributed by atoms with Crippen molar-refractivity contribution in [1.82, 2.24) is 20.2 Å². The van der Waals surface area contributed by atoms with Gasteiger partial charge < -0.3 is 15.6 Å². The Labute approximate surface area is 134 Å². The van der Waals surface area contributed by atoms with Crippen LogP contribution >= 0.6 is 12.4 Å². The van der Waals surface area contributed by atoms with Crippen LogP contribution in [0.15, 0.2) is 29.1 Å². The summed E-state index contributed by atoms with van der Waals surface area (Å²) in [6.07, 6.45) is 0. The van der Waals surface area contributed by atoms with Crippen LogP contribution in [0.3, 0.4) is 0 Å². The van der Waals surface area contributed by atoms with Crippen molar-refractivity contribution in [3.8, 4) is 0 Å². The van der Waals surface area contributed by atoms with E-state index in [4.69, 9.17) is 0 Å². The van der Waals surface area contributed by atoms with Gasteiger partial charge in [0.05, 0.1) is 11.0 Å². The highest BCUT2D eigenvalue weighted by Crippen LogP contribution is 2.15. The molecular weight excluding hydrogens is 304 g/mol. The summed E-state index contributed by atoms with van der Waals surface area (Å²) in [5.41, 5.74) is 1.55. The maximum atomic E-state index is 12.0. The average molecular weight is 325 g/mol. The van der Waals surface area contributed by atoms with Crippen LogP contribution in [0.1, 0.15) is 6.92 Å². The molecule has 1 aliphatic rings. The predicted molar refractivity (Wildman–Crippen MR) is 88.3 cm³/mol. The second kappa shape index (κ2) is 6.98. The number of nitrogens with zero attached hydrogens (tertiary/aromatic N) is 1. The molecule has 2 aromatic rings. The van der Waals surface area contributed by atoms with Crippen molar-refractivity contribution >= 4 is 29.3 Å². The molecule has 0 radical (unpaired) electrons. The Morgan fingerprint density at radius 3 is 2.82 bits per heavy atom. The fourth-order valence-electron chi connectivity index (χ4n) is 2.66. The lowest BCUT2D eigenvalue weighted by molar-refractivity contribution is -0.126. The van der Waals surface area contributed by atoms with Gasteiger partial charge in [0.2, 0.25) is 5.91 Å². The number of halogens is 1. The zero-order valence-electron chi connectivity index (χ0n) is 12.5. The smallest absolute Gasteiger partial charge is 0.326 e. The molecule has 22 heavy (non-hydrogen) atoms. The van der Waals surface area contributed by atoms with Crippen molar-refractivity contribution in [2.24, 2.45) is 11.8 Å². The van der Waals surface area contributed by atoms with Crippen LogP contribution in [0.25, 0.3) is 11.0 Å². The molecule has 1 atom stereocenters. The molecule has 1 fully saturated rings. The molecular formula is C15H21ClN4O2. The fourth-order valence-corrected chi connectivity index (χ4v) is 2.66. The lowest BCUT2D eigenvalue weighted by Gasteiger charge is -2.31. The molecule has 0 spiro atoms. The minimum Gasteiger partial charge on any atom is -0.354 e. The van der Waals surface area contributed by atoms with Crippen molar-refractivity contribution < 1.29 is 4.79 Å². The van der Waals surface area contributed by atoms with E-state index in [1.54, 1.807) is 4.57 Å². The number of fused-ring (bicyclic) bond motifs is 1. The molecule has 2 heterocycles. The zero-order chi connectivity index (χ0) is 14.8. The number of carbonyl (C=O) groups excluding carboxylic acids is 1. The van der Waals surface area contributed by atoms with E-state index in [0.29, 0.717) is 19.0 Å². The maximum Gasteiger partial charge on any atom is 0.326 e. The van der Waals surface area contributed by atoms with Crippen LogP contribution in [0.4, 0.5) is 0 Å². The van der Waals surface area contributed by atoms with Crippen LogP contribution in [0, 0.1) is 11.8 Å². The summed E-state index contributed by atoms with van der Waals surface area (Å²) < 4.78 is 1.66. The van der Waals surface area contributed by atoms with E-state index in [0.717, 1.165) is 24.1 Å². The second-order valence-electron chi connectivity index (χ2n) is 5.60. The molecule has 0 saturated carbocycles. The Hall–Kier alpha value is -1.79. The first-order chi connectivity index (χ1) is 10.2. The number of amides is 1. The molecule has 1 unspecified atom stereocenters. The summed E-state index contributed by atoms with van der Waals surface area (Å²) in [4.78, 5) is 26.7. The van der Waals surface area contributed by atoms with E-state index >= 15 is 0 Å². The van der Waals surface area contributed by atoms with Crippen molar-refractivity contribution in [2.45, 2.75) is 13.5 Å². The first kappa shape index (κ1) is 16.6. The lowest BCUT2D eigenvalue weighted by atomic mass is 9.88. The van der Waals surface area contributed by atoms with Crippen LogP contribution in [-0.2, 0) is 11.3 Å². The van der Waals surface area contributed by atoms with Gasteiger partial charge in [-0.05, 0) is 31.1 Å². The number of para-hydroxylation sites is 2. The molecule has 7 heteroatoms. The third-order valence-corrected chi connectivity index (χ3v) is 4.25. The number of aromatic nitrogens is 2. The number of aromatic amines is 1. The molecule has 1 amide bonds. The molecule has 0 aliphatic carbocycles. The first-order valence-electron chi connectivity index (χ1n) is 7.33. The summed E-state index contributed by atoms with van der Waals surface area (Å²) in [6.45, 7) is 4.72. The highest BCUT2D eigenvalue weighted by molar-refractivity contribution is 5.85. The van der Waals surface area contributed by atoms with Gasteiger partial charge in [0.25, 0.3) is 0 Å². The quantitative estimate of drug-likeness (QED) is 0.758. The summed E-state index contributed by atoms with van der Waals surface area (Å²) in [5.74, 6) is 0.515. The van der Waals surface area contributed by atoms with Gasteiger partial charge in [0, 0.05) is 19.0 Å². The number of hydrogen-bond donors (Lipinski definition) is 3. The summed E-state index contributed by atoms with van der Waals surface area (Å²) in [6, 6.07) is 7.56. The lowest BCUT2D eigenvalue weighted by Crippen LogP contribution is -2.49. The van der Waals surface area contributed by atoms with Crippen LogP contribution in [-0.4, -0.2) is 35.1 Å². The minimum atomic E-state index is -0.137. The Kier molecular flexibility index (Phi) is 5.26. The maximum absolute atomic E-state index is 12.0. The second-order valence-corrected chi connectivity index (χ2v) is 5.60. The van der Waals surface area contributed by atoms with Crippen LogP contribution < -0.4 is 16.3 Å². The topological polar surface area (TPSA) is 78.9 Å². The highest BCUT2D eigenvalue weighted by atomic mass is 35.5. The van der Waals surface area contributed by atoms with Crippen molar-refractivity contribution in [3.05, 3.63) is 34.7 Å². The first-order valence-corrected chi connectivity index (χ1v) is 7.33. The number of carbonyl (C=O) groups is 1. The molecule has 3 N–H and O–H groups in total. The van der Waals surface area contributed by atoms with Crippen molar-refractivity contribution in [2.75, 3.05) is 19.6 Å². The third-order valence-electron chi connectivity index (χ3n) is 4.25. The Bertz CT molecular complexity index is 705. The predicted octanol–water partition coefficient (Wildman–Crippen LogP) is 0.723. The van der Waals surface area contributed by atoms with E-state index in [1.165, 1.54) is 0 Å². The highest BCUT2D eigenvalue weighted by Gasteiger charge is 2.28. The van der Waals surface area contributed by atoms with Crippen molar-refractivity contribution in [3.63, 3.8) is 0 Å². The van der Waals surface area contributed by atoms with Gasteiger partial charge in [-0.25, -0.2) is 4.79 Å². The van der Waals surface area contributed by atoms with Gasteiger partial charge in [-0.2, -0.15) is 0 Å². The average Bonchev–Trinajstić information content (AvgIpc) is 2.73. The van der Waals surface area contributed by atoms with Gasteiger partial charge in [0.1, 0.15) is 0 Å². The third kappa shape index (κ3) is 3.18. The van der Waals surface area contributed by atoms with Gasteiger partial charge in [0.15, 0.2) is 0 Å². The Balaban J connectivity index is 0.00000176. The molecule has 3 rings (SSSR count). The Morgan fingerprint density at radius 1 is 1.41 bits per heavy atom. The van der Waals surface area contributed by atoms with E-state index in [1.807, 2.05) is 31.2 Å². The fraction of sp³-hybridized carbons (Fsp3) is 0.467. The monoisotopic (exact) mass is 324 g/mol. The number of nitrogens with one attached hydrogen (secondary N) is 3. The normalized spacial score (nSPS) is 15.9. The van der Waals surface area contributed by atoms with Crippen LogP contribution in [0.2, 0.25) is 0 Å². The van der Waals surface area contributed by atoms with Crippen LogP contribution in [0.5, 0.6) is 0 Å². The Morgan fingerprint density at radius 2 is 2.14 bits per heavy atom. The van der Waals surface area contributed by atoms with E-state index in [2.05, 4.69) is 15.6 Å². The SMILES string of the molecule is CC(C(=O)NCCn1c(=O)[nH]c2ccccc21)C1CNC1.Cl. The van der Waals surface area contributed by atoms with Gasteiger partial charge in [-0.1, -0.05) is 19.1 Å². The minimum absolute atomic E-state index is 0. The number of imidazole rings is 1. The number of rotatable bonds is 5. The van der Waals surface area contributed by atoms with Gasteiger partial charge in [-0.3, -0.25) is 9.36 Å². The molecule has 1 saturated heterocycles. The van der Waals surface area contributed by atoms with E-state index in [9.17, 15) is 9.59 Å². The van der Waals surface area contributed by atoms with Crippen molar-refractivity contribution in [1.29, 1.82) is 0 Å². The molecule has 1 aromatic carbocycles. The molecule has 120 valence electrons. The summed E-state index contributed by atoms with van der Waals surface area (Å²) in [5, 5.41) is 6.09. The number of benzene rings is 1. The molecule has 1 aromatic heterocycles. The standard InChI is InChI=1S/C15H20N4O2.ClH/c1-10(11-8-16-9-11)14(20)17-6-7-19-13-5-3-2-4-12(13)18-15(19)21;/h2-5,10-11,16H,6-9H2,1H3,(H,17,20)(H,18,21);1H. The zero-order valence-corrected chi connectivity index (χ0v) is 13.3. The summed E-state index contributed by atoms with van der Waals surface area (Å²) >= 11 is 0. The van der Waals surface area contributed by atoms with Gasteiger partial charge >= 0.3 is 5.69 Å². The molecule has 1 aliphatic heterocycles. The number of H-pyrrole nitrogens is 1. The van der Waals surface area contributed by atoms with E-state index in [-0.39, 0.29) is 29.9 Å².